The number of nitrogens with one attached hydrogen (secondary N) is 2. The quantitative estimate of drug-likeness (QED) is 0.875. The highest BCUT2D eigenvalue weighted by Gasteiger charge is 2.07. The first kappa shape index (κ1) is 16.2. The normalized spacial score (nSPS) is 9.35. The predicted octanol–water partition coefficient (Wildman–Crippen LogP) is 2.43. The van der Waals surface area contributed by atoms with E-state index < -0.39 is 0 Å². The Morgan fingerprint density at radius 3 is 2.76 bits per heavy atom. The van der Waals surface area contributed by atoms with E-state index in [9.17, 15) is 4.79 Å². The summed E-state index contributed by atoms with van der Waals surface area (Å²) in [7, 11) is 3.39. The van der Waals surface area contributed by atoms with Crippen LogP contribution in [-0.2, 0) is 4.79 Å². The molecule has 1 aromatic carbocycles. The van der Waals surface area contributed by atoms with Gasteiger partial charge in [-0.2, -0.15) is 0 Å². The van der Waals surface area contributed by atoms with Crippen LogP contribution < -0.4 is 15.4 Å². The summed E-state index contributed by atoms with van der Waals surface area (Å²) in [4.78, 5) is 11.5. The third-order valence-electron chi connectivity index (χ3n) is 2.04. The Kier molecular flexibility index (Phi) is 7.95. The van der Waals surface area contributed by atoms with Crippen molar-refractivity contribution in [3.63, 3.8) is 0 Å². The van der Waals surface area contributed by atoms with Gasteiger partial charge in [0, 0.05) is 17.4 Å². The minimum Gasteiger partial charge on any atom is -0.495 e. The molecule has 0 bridgehead atoms. The molecule has 1 amide bonds. The van der Waals surface area contributed by atoms with E-state index >= 15 is 0 Å². The van der Waals surface area contributed by atoms with E-state index in [-0.39, 0.29) is 18.3 Å². The molecule has 2 N–H and O–H groups in total. The molecular weight excluding hydrogens is 307 g/mol. The minimum atomic E-state index is -0.0363. The lowest BCUT2D eigenvalue weighted by molar-refractivity contribution is -0.116. The number of benzene rings is 1. The fourth-order valence-corrected chi connectivity index (χ4v) is 1.59. The zero-order valence-electron chi connectivity index (χ0n) is 9.75. The molecule has 0 unspecified atom stereocenters. The van der Waals surface area contributed by atoms with Gasteiger partial charge in [-0.15, -0.1) is 12.4 Å². The molecule has 96 valence electrons. The largest absolute Gasteiger partial charge is 0.495 e. The number of methoxy groups -OCH3 is 1. The van der Waals surface area contributed by atoms with E-state index in [0.717, 1.165) is 4.47 Å². The Balaban J connectivity index is 0.00000256. The molecule has 0 heterocycles. The highest BCUT2D eigenvalue weighted by Crippen LogP contribution is 2.27. The van der Waals surface area contributed by atoms with Crippen molar-refractivity contribution in [1.82, 2.24) is 5.32 Å². The number of halogens is 2. The third-order valence-corrected chi connectivity index (χ3v) is 2.53. The zero-order valence-corrected chi connectivity index (χ0v) is 12.2. The van der Waals surface area contributed by atoms with Gasteiger partial charge in [-0.25, -0.2) is 0 Å². The van der Waals surface area contributed by atoms with E-state index in [1.807, 2.05) is 19.2 Å². The number of hydrogen-bond acceptors (Lipinski definition) is 3. The Hall–Kier alpha value is -0.780. The molecule has 0 aromatic heterocycles. The van der Waals surface area contributed by atoms with Gasteiger partial charge < -0.3 is 15.4 Å². The summed E-state index contributed by atoms with van der Waals surface area (Å²) >= 11 is 3.35. The fraction of sp³-hybridized carbons (Fsp3) is 0.364. The van der Waals surface area contributed by atoms with Crippen molar-refractivity contribution >= 4 is 39.9 Å². The van der Waals surface area contributed by atoms with Crippen molar-refractivity contribution in [1.29, 1.82) is 0 Å². The standard InChI is InChI=1S/C11H15BrN2O2.ClH/c1-13-6-5-11(15)14-9-7-8(12)3-4-10(9)16-2;/h3-4,7,13H,5-6H2,1-2H3,(H,14,15);1H. The Morgan fingerprint density at radius 1 is 1.47 bits per heavy atom. The summed E-state index contributed by atoms with van der Waals surface area (Å²) in [5.41, 5.74) is 0.679. The average Bonchev–Trinajstić information content (AvgIpc) is 2.27. The van der Waals surface area contributed by atoms with Crippen molar-refractivity contribution < 1.29 is 9.53 Å². The Morgan fingerprint density at radius 2 is 2.18 bits per heavy atom. The van der Waals surface area contributed by atoms with E-state index in [1.54, 1.807) is 13.2 Å². The minimum absolute atomic E-state index is 0. The summed E-state index contributed by atoms with van der Waals surface area (Å²) in [5, 5.41) is 5.73. The molecular formula is C11H16BrClN2O2. The highest BCUT2D eigenvalue weighted by atomic mass is 79.9. The van der Waals surface area contributed by atoms with Crippen LogP contribution >= 0.6 is 28.3 Å². The van der Waals surface area contributed by atoms with Crippen LogP contribution in [0.1, 0.15) is 6.42 Å². The molecule has 0 aliphatic carbocycles. The second kappa shape index (κ2) is 8.33. The maximum Gasteiger partial charge on any atom is 0.225 e. The molecule has 0 aliphatic rings. The van der Waals surface area contributed by atoms with Crippen LogP contribution in [0.15, 0.2) is 22.7 Å². The van der Waals surface area contributed by atoms with Crippen LogP contribution in [0.25, 0.3) is 0 Å². The molecule has 0 radical (unpaired) electrons. The summed E-state index contributed by atoms with van der Waals surface area (Å²) in [6, 6.07) is 5.48. The Labute approximate surface area is 116 Å². The lowest BCUT2D eigenvalue weighted by Gasteiger charge is -2.10. The van der Waals surface area contributed by atoms with Crippen LogP contribution in [0.3, 0.4) is 0 Å². The lowest BCUT2D eigenvalue weighted by atomic mass is 10.3. The van der Waals surface area contributed by atoms with Gasteiger partial charge in [0.2, 0.25) is 5.91 Å². The van der Waals surface area contributed by atoms with Crippen molar-refractivity contribution in [2.45, 2.75) is 6.42 Å². The number of rotatable bonds is 5. The van der Waals surface area contributed by atoms with Gasteiger partial charge in [0.1, 0.15) is 5.75 Å². The number of ether oxygens (including phenoxy) is 1. The topological polar surface area (TPSA) is 50.4 Å². The smallest absolute Gasteiger partial charge is 0.225 e. The van der Waals surface area contributed by atoms with Crippen LogP contribution in [-0.4, -0.2) is 26.6 Å². The molecule has 6 heteroatoms. The van der Waals surface area contributed by atoms with Gasteiger partial charge >= 0.3 is 0 Å². The Bertz CT molecular complexity index is 374. The van der Waals surface area contributed by atoms with Crippen molar-refractivity contribution in [2.24, 2.45) is 0 Å². The SMILES string of the molecule is CNCCC(=O)Nc1cc(Br)ccc1OC.Cl. The van der Waals surface area contributed by atoms with Crippen molar-refractivity contribution in [3.8, 4) is 5.75 Å². The monoisotopic (exact) mass is 322 g/mol. The maximum atomic E-state index is 11.5. The summed E-state index contributed by atoms with van der Waals surface area (Å²) in [6.45, 7) is 0.655. The van der Waals surface area contributed by atoms with E-state index in [4.69, 9.17) is 4.74 Å². The van der Waals surface area contributed by atoms with E-state index in [2.05, 4.69) is 26.6 Å². The van der Waals surface area contributed by atoms with Gasteiger partial charge in [-0.1, -0.05) is 15.9 Å². The first-order chi connectivity index (χ1) is 7.67. The fourth-order valence-electron chi connectivity index (χ4n) is 1.23. The first-order valence-electron chi connectivity index (χ1n) is 4.95. The van der Waals surface area contributed by atoms with Gasteiger partial charge in [0.25, 0.3) is 0 Å². The second-order valence-corrected chi connectivity index (χ2v) is 4.16. The summed E-state index contributed by atoms with van der Waals surface area (Å²) in [5.74, 6) is 0.617. The molecule has 1 aromatic rings. The first-order valence-corrected chi connectivity index (χ1v) is 5.74. The van der Waals surface area contributed by atoms with Crippen LogP contribution in [0, 0.1) is 0 Å². The number of carbonyl (C=O) groups excluding carboxylic acids is 1. The molecule has 0 spiro atoms. The molecule has 0 fully saturated rings. The van der Waals surface area contributed by atoms with Crippen LogP contribution in [0.4, 0.5) is 5.69 Å². The number of carbonyl (C=O) groups is 1. The molecule has 0 atom stereocenters. The number of hydrogen-bond donors (Lipinski definition) is 2. The molecule has 0 saturated carbocycles. The van der Waals surface area contributed by atoms with E-state index in [0.29, 0.717) is 24.4 Å². The number of anilines is 1. The van der Waals surface area contributed by atoms with Gasteiger partial charge in [-0.05, 0) is 25.2 Å². The second-order valence-electron chi connectivity index (χ2n) is 3.25. The number of amides is 1. The zero-order chi connectivity index (χ0) is 12.0. The van der Waals surface area contributed by atoms with Crippen LogP contribution in [0.5, 0.6) is 5.75 Å². The summed E-state index contributed by atoms with van der Waals surface area (Å²) in [6.07, 6.45) is 0.437. The van der Waals surface area contributed by atoms with Gasteiger partial charge in [0.05, 0.1) is 12.8 Å². The van der Waals surface area contributed by atoms with Gasteiger partial charge in [-0.3, -0.25) is 4.79 Å². The molecule has 0 aliphatic heterocycles. The average molecular weight is 324 g/mol. The lowest BCUT2D eigenvalue weighted by Crippen LogP contribution is -2.19. The van der Waals surface area contributed by atoms with E-state index in [1.165, 1.54) is 0 Å². The molecule has 1 rings (SSSR count). The van der Waals surface area contributed by atoms with Crippen molar-refractivity contribution in [2.75, 3.05) is 26.0 Å². The summed E-state index contributed by atoms with van der Waals surface area (Å²) < 4.78 is 6.05. The van der Waals surface area contributed by atoms with Crippen LogP contribution in [0.2, 0.25) is 0 Å². The molecule has 4 nitrogen and oxygen atoms in total. The highest BCUT2D eigenvalue weighted by molar-refractivity contribution is 9.10. The molecule has 17 heavy (non-hydrogen) atoms. The van der Waals surface area contributed by atoms with Crippen molar-refractivity contribution in [3.05, 3.63) is 22.7 Å². The molecule has 0 saturated heterocycles. The predicted molar refractivity (Wildman–Crippen MR) is 75.1 cm³/mol. The van der Waals surface area contributed by atoms with Gasteiger partial charge in [0.15, 0.2) is 0 Å². The maximum absolute atomic E-state index is 11.5. The third kappa shape index (κ3) is 5.39.